The molecule has 18 heteroatoms. The summed E-state index contributed by atoms with van der Waals surface area (Å²) in [4.78, 5) is 113. The van der Waals surface area contributed by atoms with E-state index in [1.165, 1.54) is 38.1 Å². The molecule has 17 nitrogen and oxygen atoms in total. The Kier molecular flexibility index (Phi) is 10.8. The first-order valence-corrected chi connectivity index (χ1v) is 16.7. The lowest BCUT2D eigenvalue weighted by atomic mass is 9.98. The number of aromatic amines is 1. The highest BCUT2D eigenvalue weighted by molar-refractivity contribution is 8.00. The zero-order valence-corrected chi connectivity index (χ0v) is 28.8. The number of ether oxygens (including phenoxy) is 1. The van der Waals surface area contributed by atoms with E-state index in [1.54, 1.807) is 30.3 Å². The number of esters is 1. The summed E-state index contributed by atoms with van der Waals surface area (Å²) in [5, 5.41) is 8.92. The Hall–Kier alpha value is -5.98. The zero-order valence-electron chi connectivity index (χ0n) is 28.0. The number of carboxylic acids is 1. The van der Waals surface area contributed by atoms with Gasteiger partial charge >= 0.3 is 11.9 Å². The molecule has 5 rings (SSSR count). The molecule has 3 heterocycles. The lowest BCUT2D eigenvalue weighted by molar-refractivity contribution is -0.157. The summed E-state index contributed by atoms with van der Waals surface area (Å²) in [6.45, 7) is 3.40. The van der Waals surface area contributed by atoms with Crippen molar-refractivity contribution < 1.29 is 43.4 Å². The number of aromatic nitrogens is 2. The van der Waals surface area contributed by atoms with Crippen LogP contribution in [0, 0.1) is 0 Å². The highest BCUT2D eigenvalue weighted by atomic mass is 32.2. The van der Waals surface area contributed by atoms with E-state index in [4.69, 9.17) is 16.2 Å². The molecule has 0 spiro atoms. The van der Waals surface area contributed by atoms with Crippen LogP contribution in [0.25, 0.3) is 11.4 Å². The van der Waals surface area contributed by atoms with Gasteiger partial charge in [-0.05, 0) is 36.8 Å². The van der Waals surface area contributed by atoms with Gasteiger partial charge < -0.3 is 26.3 Å². The Morgan fingerprint density at radius 2 is 1.67 bits per heavy atom. The number of nitrogens with one attached hydrogen (secondary N) is 1. The van der Waals surface area contributed by atoms with Crippen LogP contribution >= 0.6 is 11.8 Å². The summed E-state index contributed by atoms with van der Waals surface area (Å²) in [7, 11) is 0. The number of amides is 5. The van der Waals surface area contributed by atoms with Gasteiger partial charge in [0.2, 0.25) is 11.8 Å². The number of carbonyl (C=O) groups is 7. The van der Waals surface area contributed by atoms with Gasteiger partial charge in [0.05, 0.1) is 11.7 Å². The van der Waals surface area contributed by atoms with Gasteiger partial charge in [0.25, 0.3) is 23.3 Å². The smallest absolute Gasteiger partial charge is 0.352 e. The van der Waals surface area contributed by atoms with Crippen LogP contribution in [0.5, 0.6) is 0 Å². The third kappa shape index (κ3) is 7.11. The molecule has 0 bridgehead atoms. The van der Waals surface area contributed by atoms with E-state index < -0.39 is 81.8 Å². The molecular formula is C34H33N7O10S. The monoisotopic (exact) mass is 731 g/mol. The molecule has 0 saturated carbocycles. The third-order valence-electron chi connectivity index (χ3n) is 8.18. The minimum atomic E-state index is -1.56. The van der Waals surface area contributed by atoms with E-state index in [1.807, 2.05) is 0 Å². The van der Waals surface area contributed by atoms with Crippen molar-refractivity contribution in [2.75, 3.05) is 17.3 Å². The quantitative estimate of drug-likeness (QED) is 0.164. The maximum absolute atomic E-state index is 14.1. The van der Waals surface area contributed by atoms with E-state index in [0.717, 1.165) is 34.7 Å². The number of carboxylic acid groups (broad SMARTS) is 1. The molecule has 3 aromatic rings. The number of carbonyl (C=O) groups excluding carboxylic acids is 6. The number of β-lactam (4-membered cyclic amide) rings is 1. The van der Waals surface area contributed by atoms with Gasteiger partial charge in [0, 0.05) is 36.9 Å². The number of imide groups is 2. The molecule has 6 N–H and O–H groups in total. The Balaban J connectivity index is 1.49. The van der Waals surface area contributed by atoms with Crippen molar-refractivity contribution in [1.82, 2.24) is 19.8 Å². The second-order valence-corrected chi connectivity index (χ2v) is 12.9. The van der Waals surface area contributed by atoms with Crippen molar-refractivity contribution in [2.24, 2.45) is 11.5 Å². The van der Waals surface area contributed by atoms with Crippen LogP contribution in [0.15, 0.2) is 76.9 Å². The molecule has 0 aliphatic carbocycles. The number of H-pyrrole nitrogens is 1. The summed E-state index contributed by atoms with van der Waals surface area (Å²) in [5.41, 5.74) is 10.9. The number of rotatable bonds is 10. The van der Waals surface area contributed by atoms with E-state index >= 15 is 0 Å². The van der Waals surface area contributed by atoms with Crippen molar-refractivity contribution in [3.8, 4) is 11.4 Å². The number of hydrogen-bond acceptors (Lipinski definition) is 13. The number of thioether (sulfide) groups is 1. The fourth-order valence-electron chi connectivity index (χ4n) is 5.64. The molecule has 2 unspecified atom stereocenters. The first kappa shape index (κ1) is 37.3. The van der Waals surface area contributed by atoms with Crippen molar-refractivity contribution in [1.29, 1.82) is 0 Å². The van der Waals surface area contributed by atoms with Gasteiger partial charge in [-0.3, -0.25) is 43.4 Å². The largest absolute Gasteiger partial charge is 0.477 e. The predicted octanol–water partition coefficient (Wildman–Crippen LogP) is 0.518. The standard InChI is InChI=1S/C34H33N7O10S/c1-16(35)29(45)39(17(2)42)22-11-9-20(10-12-22)27-37-13-23(28(44)38-27)30(46)40(31(47)24(36)19-7-5-4-6-8-19)26-32(48)41-25(34(49)50)21(14-51-18(3)43)15-52-33(26)41/h4-13,16,24,26,33H,14-15,35-36H2,1-3H3,(H,49,50)(H,37,38,44)/t16-,24?,26?,33+/m1/s1. The molecule has 1 fully saturated rings. The summed E-state index contributed by atoms with van der Waals surface area (Å²) in [6.07, 6.45) is 0.926. The number of hydrogen-bond donors (Lipinski definition) is 4. The van der Waals surface area contributed by atoms with E-state index in [9.17, 15) is 43.5 Å². The normalized spacial score (nSPS) is 17.6. The minimum absolute atomic E-state index is 0.00913. The number of nitrogens with two attached hydrogens (primary N) is 2. The SMILES string of the molecule is CC(=O)OCC1=C(C(=O)O)N2C(=O)C(N(C(=O)c3cnc(-c4ccc(N(C(C)=O)C(=O)[C@@H](C)N)cc4)[nH]c3=O)C(=O)C(N)c3ccccc3)[C@@H]2SC1. The van der Waals surface area contributed by atoms with Crippen LogP contribution < -0.4 is 21.9 Å². The topological polar surface area (TPSA) is 256 Å². The Morgan fingerprint density at radius 3 is 2.23 bits per heavy atom. The molecule has 2 aliphatic heterocycles. The first-order chi connectivity index (χ1) is 24.6. The summed E-state index contributed by atoms with van der Waals surface area (Å²) < 4.78 is 4.97. The molecule has 52 heavy (non-hydrogen) atoms. The third-order valence-corrected chi connectivity index (χ3v) is 9.51. The van der Waals surface area contributed by atoms with Crippen molar-refractivity contribution >= 4 is 58.9 Å². The van der Waals surface area contributed by atoms with Gasteiger partial charge in [-0.25, -0.2) is 14.7 Å². The first-order valence-electron chi connectivity index (χ1n) is 15.6. The number of fused-ring (bicyclic) bond motifs is 1. The second-order valence-electron chi connectivity index (χ2n) is 11.8. The fraction of sp³-hybridized carbons (Fsp3) is 0.265. The maximum Gasteiger partial charge on any atom is 0.352 e. The second kappa shape index (κ2) is 15.1. The van der Waals surface area contributed by atoms with Gasteiger partial charge in [0.1, 0.15) is 41.1 Å². The van der Waals surface area contributed by atoms with Crippen LogP contribution in [0.1, 0.15) is 42.7 Å². The van der Waals surface area contributed by atoms with Crippen LogP contribution in [0.4, 0.5) is 5.69 Å². The molecule has 2 aliphatic rings. The van der Waals surface area contributed by atoms with Crippen LogP contribution in [0.3, 0.4) is 0 Å². The van der Waals surface area contributed by atoms with Crippen LogP contribution in [-0.2, 0) is 33.5 Å². The Labute approximate surface area is 299 Å². The average Bonchev–Trinajstić information content (AvgIpc) is 3.11. The Morgan fingerprint density at radius 1 is 1.02 bits per heavy atom. The molecule has 1 aromatic heterocycles. The number of anilines is 1. The summed E-state index contributed by atoms with van der Waals surface area (Å²) in [5.74, 6) is -6.52. The predicted molar refractivity (Wildman–Crippen MR) is 185 cm³/mol. The molecule has 2 aromatic carbocycles. The van der Waals surface area contributed by atoms with Crippen LogP contribution in [0.2, 0.25) is 0 Å². The lowest BCUT2D eigenvalue weighted by Gasteiger charge is -2.52. The van der Waals surface area contributed by atoms with Gasteiger partial charge in [0.15, 0.2) is 0 Å². The summed E-state index contributed by atoms with van der Waals surface area (Å²) >= 11 is 1.04. The zero-order chi connectivity index (χ0) is 38.0. The fourth-order valence-corrected chi connectivity index (χ4v) is 7.01. The minimum Gasteiger partial charge on any atom is -0.477 e. The van der Waals surface area contributed by atoms with E-state index in [-0.39, 0.29) is 29.4 Å². The van der Waals surface area contributed by atoms with E-state index in [2.05, 4.69) is 9.97 Å². The van der Waals surface area contributed by atoms with E-state index in [0.29, 0.717) is 16.0 Å². The Bertz CT molecular complexity index is 2070. The summed E-state index contributed by atoms with van der Waals surface area (Å²) in [6, 6.07) is 9.86. The highest BCUT2D eigenvalue weighted by Gasteiger charge is 2.59. The van der Waals surface area contributed by atoms with Crippen molar-refractivity contribution in [2.45, 2.75) is 44.3 Å². The molecular weight excluding hydrogens is 698 g/mol. The number of aliphatic carboxylic acids is 1. The maximum atomic E-state index is 14.1. The number of nitrogens with zero attached hydrogens (tertiary/aromatic N) is 4. The molecule has 1 saturated heterocycles. The highest BCUT2D eigenvalue weighted by Crippen LogP contribution is 2.43. The van der Waals surface area contributed by atoms with Gasteiger partial charge in [-0.1, -0.05) is 30.3 Å². The van der Waals surface area contributed by atoms with Crippen molar-refractivity contribution in [3.05, 3.63) is 93.5 Å². The lowest BCUT2D eigenvalue weighted by Crippen LogP contribution is -2.73. The average molecular weight is 732 g/mol. The molecule has 270 valence electrons. The molecule has 4 atom stereocenters. The molecule has 0 radical (unpaired) electrons. The van der Waals surface area contributed by atoms with Crippen LogP contribution in [-0.4, -0.2) is 96.2 Å². The van der Waals surface area contributed by atoms with Crippen molar-refractivity contribution in [3.63, 3.8) is 0 Å². The number of benzene rings is 2. The molecule has 5 amide bonds. The van der Waals surface area contributed by atoms with Gasteiger partial charge in [-0.15, -0.1) is 11.8 Å². The van der Waals surface area contributed by atoms with Gasteiger partial charge in [-0.2, -0.15) is 0 Å².